The van der Waals surface area contributed by atoms with E-state index in [1.165, 1.54) is 0 Å². The molecule has 0 rings (SSSR count). The third-order valence-corrected chi connectivity index (χ3v) is 17.1. The highest BCUT2D eigenvalue weighted by Gasteiger charge is 2.60. The minimum atomic E-state index is -1.37. The first kappa shape index (κ1) is 76.9. The molecule has 0 aliphatic carbocycles. The number of Topliss-reactive ketones (excluding diaryl/α,β-unsaturated/α-hetero) is 6. The summed E-state index contributed by atoms with van der Waals surface area (Å²) in [5.74, 6) is -2.77. The van der Waals surface area contributed by atoms with Crippen LogP contribution < -0.4 is 21.3 Å². The highest BCUT2D eigenvalue weighted by atomic mass is 16.2. The Bertz CT molecular complexity index is 1770. The van der Waals surface area contributed by atoms with Crippen LogP contribution in [0, 0.1) is 58.2 Å². The number of amides is 2. The molecule has 0 aromatic heterocycles. The van der Waals surface area contributed by atoms with E-state index in [9.17, 15) is 28.8 Å². The van der Waals surface area contributed by atoms with Gasteiger partial charge in [0.05, 0.1) is 0 Å². The summed E-state index contributed by atoms with van der Waals surface area (Å²) < 4.78 is 0. The van der Waals surface area contributed by atoms with Crippen molar-refractivity contribution in [3.63, 3.8) is 0 Å². The maximum Gasteiger partial charge on any atom is 0.220 e. The molecule has 466 valence electrons. The van der Waals surface area contributed by atoms with Crippen molar-refractivity contribution in [2.45, 2.75) is 303 Å². The highest BCUT2D eigenvalue weighted by Crippen LogP contribution is 2.64. The lowest BCUT2D eigenvalue weighted by atomic mass is 9.44. The Morgan fingerprint density at radius 2 is 0.713 bits per heavy atom. The van der Waals surface area contributed by atoms with Crippen LogP contribution in [0.25, 0.3) is 0 Å². The molecule has 12 heteroatoms. The predicted octanol–water partition coefficient (Wildman–Crippen LogP) is 14.7. The number of hydrogen-bond acceptors (Lipinski definition) is 10. The quantitative estimate of drug-likeness (QED) is 0.0427. The maximum absolute atomic E-state index is 15.3. The van der Waals surface area contributed by atoms with E-state index in [1.54, 1.807) is 0 Å². The SMILES string of the molecule is CC(C)CCCNC(=O)CC(CCC(=O)C(C)C)C(CCC(=O)CCCCCCCNC(C)C)(CC(=O)C(C)C)C(CCC(=O)C(C)C)(CC(=O)NCCCC(C)C)C(CCC(=O)CCCCCCCNC(C)C)CC(=O)C(C)C. The zero-order valence-electron chi connectivity index (χ0n) is 54.7. The van der Waals surface area contributed by atoms with Gasteiger partial charge in [-0.1, -0.05) is 149 Å². The lowest BCUT2D eigenvalue weighted by Gasteiger charge is -2.59. The first-order chi connectivity index (χ1) is 37.6. The fourth-order valence-electron chi connectivity index (χ4n) is 11.7. The van der Waals surface area contributed by atoms with Crippen LogP contribution in [-0.4, -0.2) is 84.8 Å². The fraction of sp³-hybridized carbons (Fsp3) is 0.882. The Balaban J connectivity index is 8.73. The molecule has 4 unspecified atom stereocenters. The van der Waals surface area contributed by atoms with E-state index in [2.05, 4.69) is 76.7 Å². The molecular weight excluding hydrogens is 1000 g/mol. The summed E-state index contributed by atoms with van der Waals surface area (Å²) in [5.41, 5.74) is -2.73. The van der Waals surface area contributed by atoms with E-state index in [1.807, 2.05) is 55.4 Å². The average molecular weight is 1130 g/mol. The van der Waals surface area contributed by atoms with Gasteiger partial charge in [-0.3, -0.25) is 38.4 Å². The number of carbonyl (C=O) groups is 8. The fourth-order valence-corrected chi connectivity index (χ4v) is 11.7. The lowest BCUT2D eigenvalue weighted by molar-refractivity contribution is -0.157. The normalized spacial score (nSPS) is 14.3. The summed E-state index contributed by atoms with van der Waals surface area (Å²) in [5, 5.41) is 13.4. The van der Waals surface area contributed by atoms with Crippen molar-refractivity contribution in [1.82, 2.24) is 21.3 Å². The van der Waals surface area contributed by atoms with Gasteiger partial charge in [-0.25, -0.2) is 0 Å². The molecule has 80 heavy (non-hydrogen) atoms. The van der Waals surface area contributed by atoms with Gasteiger partial charge in [-0.15, -0.1) is 0 Å². The van der Waals surface area contributed by atoms with Crippen molar-refractivity contribution in [2.75, 3.05) is 26.2 Å². The molecule has 0 radical (unpaired) electrons. The third kappa shape index (κ3) is 33.9. The van der Waals surface area contributed by atoms with Gasteiger partial charge in [-0.2, -0.15) is 0 Å². The molecule has 2 amide bonds. The van der Waals surface area contributed by atoms with E-state index in [0.717, 1.165) is 96.6 Å². The maximum atomic E-state index is 15.3. The van der Waals surface area contributed by atoms with Crippen LogP contribution in [0.2, 0.25) is 0 Å². The molecule has 0 aliphatic rings. The van der Waals surface area contributed by atoms with Gasteiger partial charge in [0.2, 0.25) is 11.8 Å². The van der Waals surface area contributed by atoms with Crippen molar-refractivity contribution in [2.24, 2.45) is 58.2 Å². The summed E-state index contributed by atoms with van der Waals surface area (Å²) in [4.78, 5) is 118. The van der Waals surface area contributed by atoms with Crippen molar-refractivity contribution < 1.29 is 38.4 Å². The molecule has 0 aromatic rings. The predicted molar refractivity (Wildman–Crippen MR) is 332 cm³/mol. The molecule has 0 bridgehead atoms. The molecule has 12 nitrogen and oxygen atoms in total. The van der Waals surface area contributed by atoms with Crippen LogP contribution in [0.3, 0.4) is 0 Å². The largest absolute Gasteiger partial charge is 0.356 e. The van der Waals surface area contributed by atoms with Gasteiger partial charge in [0, 0.05) is 113 Å². The standard InChI is InChI=1S/C68H126N4O8/c1-49(2)29-27-43-71-65(79)46-58(34-36-61(75)51(5)6)67(47-64(78)54(11)12,39-37-60(74)32-24-20-18-22-26-42-70-56(15)16)68(40-38-62(76)52(7)8,48-66(80)72-44-28-30-50(3)4)57(45-63(77)53(9)10)33-35-59(73)31-23-19-17-21-25-41-69-55(13)14/h49-58,69-70H,17-48H2,1-16H3,(H,71,79)(H,72,80). The van der Waals surface area contributed by atoms with E-state index in [-0.39, 0.29) is 135 Å². The summed E-state index contributed by atoms with van der Waals surface area (Å²) >= 11 is 0. The summed E-state index contributed by atoms with van der Waals surface area (Å²) in [6, 6.07) is 0.861. The number of carbonyl (C=O) groups excluding carboxylic acids is 8. The Morgan fingerprint density at radius 1 is 0.325 bits per heavy atom. The van der Waals surface area contributed by atoms with E-state index in [0.29, 0.717) is 56.3 Å². The van der Waals surface area contributed by atoms with Gasteiger partial charge in [0.1, 0.15) is 34.7 Å². The summed E-state index contributed by atoms with van der Waals surface area (Å²) in [6.45, 7) is 34.7. The topological polar surface area (TPSA) is 185 Å². The van der Waals surface area contributed by atoms with Crippen molar-refractivity contribution >= 4 is 46.5 Å². The van der Waals surface area contributed by atoms with Crippen LogP contribution >= 0.6 is 0 Å². The van der Waals surface area contributed by atoms with E-state index in [4.69, 9.17) is 0 Å². The number of nitrogens with one attached hydrogen (secondary N) is 4. The lowest BCUT2D eigenvalue weighted by Crippen LogP contribution is -2.56. The number of unbranched alkanes of at least 4 members (excludes halogenated alkanes) is 8. The van der Waals surface area contributed by atoms with Gasteiger partial charge < -0.3 is 21.3 Å². The second kappa shape index (κ2) is 43.5. The molecular formula is C68H126N4O8. The number of rotatable bonds is 53. The van der Waals surface area contributed by atoms with E-state index >= 15 is 9.59 Å². The second-order valence-corrected chi connectivity index (χ2v) is 27.1. The Morgan fingerprint density at radius 3 is 1.18 bits per heavy atom. The van der Waals surface area contributed by atoms with Gasteiger partial charge in [0.25, 0.3) is 0 Å². The molecule has 0 fully saturated rings. The number of hydrogen-bond donors (Lipinski definition) is 4. The van der Waals surface area contributed by atoms with Gasteiger partial charge in [-0.05, 0) is 125 Å². The first-order valence-electron chi connectivity index (χ1n) is 32.7. The van der Waals surface area contributed by atoms with Crippen LogP contribution in [-0.2, 0) is 38.4 Å². The van der Waals surface area contributed by atoms with Crippen molar-refractivity contribution in [1.29, 1.82) is 0 Å². The molecule has 4 N–H and O–H groups in total. The third-order valence-electron chi connectivity index (χ3n) is 17.1. The minimum Gasteiger partial charge on any atom is -0.356 e. The minimum absolute atomic E-state index is 0.000305. The molecule has 0 heterocycles. The average Bonchev–Trinajstić information content (AvgIpc) is 3.38. The zero-order chi connectivity index (χ0) is 60.8. The van der Waals surface area contributed by atoms with Crippen molar-refractivity contribution in [3.8, 4) is 0 Å². The van der Waals surface area contributed by atoms with Crippen LogP contribution in [0.5, 0.6) is 0 Å². The highest BCUT2D eigenvalue weighted by molar-refractivity contribution is 5.85. The zero-order valence-corrected chi connectivity index (χ0v) is 54.7. The first-order valence-corrected chi connectivity index (χ1v) is 32.7. The molecule has 4 atom stereocenters. The molecule has 0 aromatic carbocycles. The van der Waals surface area contributed by atoms with Gasteiger partial charge >= 0.3 is 0 Å². The molecule has 0 aliphatic heterocycles. The smallest absolute Gasteiger partial charge is 0.220 e. The molecule has 0 saturated carbocycles. The number of ketones is 6. The summed E-state index contributed by atoms with van der Waals surface area (Å²) in [7, 11) is 0. The molecule has 0 spiro atoms. The van der Waals surface area contributed by atoms with Crippen LogP contribution in [0.15, 0.2) is 0 Å². The van der Waals surface area contributed by atoms with E-state index < -0.39 is 34.5 Å². The monoisotopic (exact) mass is 1130 g/mol. The van der Waals surface area contributed by atoms with Crippen LogP contribution in [0.4, 0.5) is 0 Å². The Hall–Kier alpha value is -3.12. The van der Waals surface area contributed by atoms with Crippen LogP contribution in [0.1, 0.15) is 291 Å². The Labute approximate surface area is 491 Å². The Kier molecular flexibility index (Phi) is 41.8. The van der Waals surface area contributed by atoms with Crippen molar-refractivity contribution in [3.05, 3.63) is 0 Å². The second-order valence-electron chi connectivity index (χ2n) is 27.1. The van der Waals surface area contributed by atoms with Gasteiger partial charge in [0.15, 0.2) is 0 Å². The molecule has 0 saturated heterocycles. The summed E-state index contributed by atoms with van der Waals surface area (Å²) in [6.07, 6.45) is 14.1.